The number of nitrogens with one attached hydrogen (secondary N) is 1. The second-order valence-corrected chi connectivity index (χ2v) is 5.95. The summed E-state index contributed by atoms with van der Waals surface area (Å²) < 4.78 is 11.9. The van der Waals surface area contributed by atoms with Crippen molar-refractivity contribution in [3.8, 4) is 0 Å². The van der Waals surface area contributed by atoms with E-state index in [-0.39, 0.29) is 11.3 Å². The van der Waals surface area contributed by atoms with E-state index in [1.165, 1.54) is 13.2 Å². The van der Waals surface area contributed by atoms with Crippen LogP contribution in [0.25, 0.3) is 0 Å². The van der Waals surface area contributed by atoms with E-state index in [9.17, 15) is 9.59 Å². The number of hydrogen-bond acceptors (Lipinski definition) is 5. The molecule has 7 heteroatoms. The zero-order chi connectivity index (χ0) is 15.8. The molecule has 2 rings (SSSR count). The van der Waals surface area contributed by atoms with Crippen LogP contribution < -0.4 is 10.8 Å². The third-order valence-electron chi connectivity index (χ3n) is 4.09. The van der Waals surface area contributed by atoms with Crippen molar-refractivity contribution in [3.63, 3.8) is 0 Å². The summed E-state index contributed by atoms with van der Waals surface area (Å²) in [6.45, 7) is 7.70. The molecule has 0 atom stereocenters. The lowest BCUT2D eigenvalue weighted by Gasteiger charge is -2.32. The Morgan fingerprint density at radius 1 is 1.29 bits per heavy atom. The van der Waals surface area contributed by atoms with Crippen molar-refractivity contribution in [2.75, 3.05) is 7.05 Å². The molecule has 1 aromatic heterocycles. The molecule has 1 aromatic rings. The minimum absolute atomic E-state index is 0.0709. The number of pyridine rings is 1. The molecule has 0 bridgehead atoms. The van der Waals surface area contributed by atoms with Gasteiger partial charge in [0.2, 0.25) is 0 Å². The van der Waals surface area contributed by atoms with Gasteiger partial charge < -0.3 is 14.6 Å². The topological polar surface area (TPSA) is 77.5 Å². The fourth-order valence-electron chi connectivity index (χ4n) is 2.12. The predicted molar refractivity (Wildman–Crippen MR) is 78.7 cm³/mol. The van der Waals surface area contributed by atoms with Crippen LogP contribution in [-0.4, -0.2) is 42.5 Å². The fourth-order valence-corrected chi connectivity index (χ4v) is 2.12. The molecule has 0 aromatic carbocycles. The van der Waals surface area contributed by atoms with Crippen molar-refractivity contribution < 1.29 is 18.9 Å². The monoisotopic (exact) mass is 290 g/mol. The molecule has 0 spiro atoms. The van der Waals surface area contributed by atoms with Gasteiger partial charge in [-0.1, -0.05) is 0 Å². The normalized spacial score (nSPS) is 19.4. The van der Waals surface area contributed by atoms with Gasteiger partial charge in [-0.15, -0.1) is 0 Å². The van der Waals surface area contributed by atoms with E-state index >= 15 is 0 Å². The van der Waals surface area contributed by atoms with Crippen LogP contribution in [0, 0.1) is 0 Å². The van der Waals surface area contributed by atoms with Gasteiger partial charge in [-0.05, 0) is 39.2 Å². The Hall–Kier alpha value is -1.73. The molecule has 0 unspecified atom stereocenters. The van der Waals surface area contributed by atoms with Gasteiger partial charge in [-0.2, -0.15) is 0 Å². The Balaban J connectivity index is 2.51. The van der Waals surface area contributed by atoms with E-state index in [1.54, 1.807) is 6.07 Å². The summed E-state index contributed by atoms with van der Waals surface area (Å²) >= 11 is 0. The third kappa shape index (κ3) is 2.58. The Kier molecular flexibility index (Phi) is 3.90. The molecule has 1 aliphatic rings. The molecular weight excluding hydrogens is 271 g/mol. The minimum Gasteiger partial charge on any atom is -0.399 e. The van der Waals surface area contributed by atoms with Crippen LogP contribution in [0.4, 0.5) is 0 Å². The SMILES string of the molecule is CNC(=O)c1c(B2OC(C)(C)C(C)(C)O2)ccnc1C=O. The van der Waals surface area contributed by atoms with Crippen LogP contribution in [0.5, 0.6) is 0 Å². The maximum atomic E-state index is 12.1. The molecule has 1 saturated heterocycles. The van der Waals surface area contributed by atoms with Gasteiger partial charge in [-0.3, -0.25) is 14.6 Å². The number of aldehydes is 1. The lowest BCUT2D eigenvalue weighted by atomic mass is 9.75. The Bertz CT molecular complexity index is 570. The molecule has 0 saturated carbocycles. The van der Waals surface area contributed by atoms with Gasteiger partial charge in [-0.25, -0.2) is 0 Å². The van der Waals surface area contributed by atoms with E-state index < -0.39 is 24.2 Å². The average Bonchev–Trinajstić information content (AvgIpc) is 2.65. The largest absolute Gasteiger partial charge is 0.495 e. The lowest BCUT2D eigenvalue weighted by molar-refractivity contribution is 0.00578. The predicted octanol–water partition coefficient (Wildman–Crippen LogP) is 0.553. The Labute approximate surface area is 124 Å². The van der Waals surface area contributed by atoms with Crippen molar-refractivity contribution in [2.24, 2.45) is 0 Å². The van der Waals surface area contributed by atoms with E-state index in [0.29, 0.717) is 11.7 Å². The van der Waals surface area contributed by atoms with Gasteiger partial charge in [0, 0.05) is 13.2 Å². The Morgan fingerprint density at radius 3 is 2.33 bits per heavy atom. The van der Waals surface area contributed by atoms with Gasteiger partial charge in [0.1, 0.15) is 5.69 Å². The summed E-state index contributed by atoms with van der Waals surface area (Å²) in [6.07, 6.45) is 2.02. The maximum Gasteiger partial charge on any atom is 0.495 e. The highest BCUT2D eigenvalue weighted by Crippen LogP contribution is 2.36. The molecule has 1 amide bonds. The quantitative estimate of drug-likeness (QED) is 0.650. The number of nitrogens with zero attached hydrogens (tertiary/aromatic N) is 1. The first-order valence-corrected chi connectivity index (χ1v) is 6.75. The van der Waals surface area contributed by atoms with Crippen LogP contribution in [0.15, 0.2) is 12.3 Å². The molecule has 1 fully saturated rings. The second-order valence-electron chi connectivity index (χ2n) is 5.95. The van der Waals surface area contributed by atoms with Gasteiger partial charge >= 0.3 is 7.12 Å². The fraction of sp³-hybridized carbons (Fsp3) is 0.500. The first-order chi connectivity index (χ1) is 9.73. The molecule has 112 valence electrons. The first-order valence-electron chi connectivity index (χ1n) is 6.75. The number of rotatable bonds is 3. The summed E-state index contributed by atoms with van der Waals surface area (Å²) in [5, 5.41) is 2.51. The molecular formula is C14H19BN2O4. The van der Waals surface area contributed by atoms with Crippen LogP contribution in [0.1, 0.15) is 48.5 Å². The lowest BCUT2D eigenvalue weighted by Crippen LogP contribution is -2.41. The van der Waals surface area contributed by atoms with E-state index in [0.717, 1.165) is 0 Å². The first kappa shape index (κ1) is 15.7. The van der Waals surface area contributed by atoms with Crippen LogP contribution >= 0.6 is 0 Å². The number of carbonyl (C=O) groups is 2. The summed E-state index contributed by atoms with van der Waals surface area (Å²) in [5.41, 5.74) is -0.287. The number of aromatic nitrogens is 1. The van der Waals surface area contributed by atoms with Crippen LogP contribution in [0.2, 0.25) is 0 Å². The maximum absolute atomic E-state index is 12.1. The van der Waals surface area contributed by atoms with E-state index in [4.69, 9.17) is 9.31 Å². The molecule has 0 radical (unpaired) electrons. The highest BCUT2D eigenvalue weighted by Gasteiger charge is 2.52. The van der Waals surface area contributed by atoms with Crippen molar-refractivity contribution in [3.05, 3.63) is 23.5 Å². The van der Waals surface area contributed by atoms with E-state index in [2.05, 4.69) is 10.3 Å². The van der Waals surface area contributed by atoms with Gasteiger partial charge in [0.25, 0.3) is 5.91 Å². The van der Waals surface area contributed by atoms with Crippen molar-refractivity contribution in [2.45, 2.75) is 38.9 Å². The molecule has 1 aliphatic heterocycles. The average molecular weight is 290 g/mol. The van der Waals surface area contributed by atoms with Gasteiger partial charge in [0.15, 0.2) is 6.29 Å². The molecule has 2 heterocycles. The van der Waals surface area contributed by atoms with Crippen LogP contribution in [-0.2, 0) is 9.31 Å². The minimum atomic E-state index is -0.719. The summed E-state index contributed by atoms with van der Waals surface area (Å²) in [6, 6.07) is 1.64. The number of hydrogen-bond donors (Lipinski definition) is 1. The Morgan fingerprint density at radius 2 is 1.86 bits per heavy atom. The highest BCUT2D eigenvalue weighted by atomic mass is 16.7. The van der Waals surface area contributed by atoms with E-state index in [1.807, 2.05) is 27.7 Å². The zero-order valence-corrected chi connectivity index (χ0v) is 12.9. The second kappa shape index (κ2) is 5.24. The van der Waals surface area contributed by atoms with Crippen molar-refractivity contribution in [1.82, 2.24) is 10.3 Å². The summed E-state index contributed by atoms with van der Waals surface area (Å²) in [5.74, 6) is -0.394. The van der Waals surface area contributed by atoms with Crippen molar-refractivity contribution >= 4 is 24.8 Å². The summed E-state index contributed by atoms with van der Waals surface area (Å²) in [4.78, 5) is 27.1. The van der Waals surface area contributed by atoms with Gasteiger partial charge in [0.05, 0.1) is 16.8 Å². The van der Waals surface area contributed by atoms with Crippen molar-refractivity contribution in [1.29, 1.82) is 0 Å². The third-order valence-corrected chi connectivity index (χ3v) is 4.09. The highest BCUT2D eigenvalue weighted by molar-refractivity contribution is 6.63. The molecule has 1 N–H and O–H groups in total. The van der Waals surface area contributed by atoms with Crippen LogP contribution in [0.3, 0.4) is 0 Å². The standard InChI is InChI=1S/C14H19BN2O4/c1-13(2)14(3,4)21-15(20-13)9-6-7-17-10(8-18)11(9)12(19)16-5/h6-8H,1-5H3,(H,16,19). The number of amides is 1. The smallest absolute Gasteiger partial charge is 0.399 e. The molecule has 0 aliphatic carbocycles. The summed E-state index contributed by atoms with van der Waals surface area (Å²) in [7, 11) is 0.779. The molecule has 21 heavy (non-hydrogen) atoms. The molecule has 6 nitrogen and oxygen atoms in total. The number of carbonyl (C=O) groups excluding carboxylic acids is 2. The zero-order valence-electron chi connectivity index (χ0n) is 12.9.